The third-order valence-electron chi connectivity index (χ3n) is 3.27. The molecule has 0 radical (unpaired) electrons. The number of rotatable bonds is 5. The van der Waals surface area contributed by atoms with Gasteiger partial charge >= 0.3 is 0 Å². The third-order valence-corrected chi connectivity index (χ3v) is 3.27. The molecule has 18 heavy (non-hydrogen) atoms. The Kier molecular flexibility index (Phi) is 4.54. The molecule has 1 N–H and O–H groups in total. The summed E-state index contributed by atoms with van der Waals surface area (Å²) in [6.45, 7) is 2.02. The molecule has 1 atom stereocenters. The standard InChI is InChI=1S/C17H20O/c1-2-17(18)12-11-14-7-6-10-16(13-14)15-8-4-3-5-9-15/h3-10,13,17-18H,2,11-12H2,1H3. The van der Waals surface area contributed by atoms with E-state index < -0.39 is 0 Å². The van der Waals surface area contributed by atoms with Crippen molar-refractivity contribution in [1.29, 1.82) is 0 Å². The summed E-state index contributed by atoms with van der Waals surface area (Å²) in [5.41, 5.74) is 3.79. The molecule has 1 unspecified atom stereocenters. The Morgan fingerprint density at radius 1 is 0.944 bits per heavy atom. The maximum absolute atomic E-state index is 9.61. The van der Waals surface area contributed by atoms with Gasteiger partial charge in [0, 0.05) is 0 Å². The van der Waals surface area contributed by atoms with Gasteiger partial charge in [-0.05, 0) is 36.0 Å². The summed E-state index contributed by atoms with van der Waals surface area (Å²) in [6.07, 6.45) is 2.44. The van der Waals surface area contributed by atoms with Crippen LogP contribution in [0.4, 0.5) is 0 Å². The van der Waals surface area contributed by atoms with Crippen molar-refractivity contribution in [3.8, 4) is 11.1 Å². The van der Waals surface area contributed by atoms with Crippen LogP contribution in [0.5, 0.6) is 0 Å². The second-order valence-electron chi connectivity index (χ2n) is 4.67. The second-order valence-corrected chi connectivity index (χ2v) is 4.67. The first kappa shape index (κ1) is 12.8. The first-order valence-electron chi connectivity index (χ1n) is 6.62. The van der Waals surface area contributed by atoms with Gasteiger partial charge < -0.3 is 5.11 Å². The fourth-order valence-electron chi connectivity index (χ4n) is 2.07. The predicted octanol–water partition coefficient (Wildman–Crippen LogP) is 4.06. The summed E-state index contributed by atoms with van der Waals surface area (Å²) in [4.78, 5) is 0. The minimum Gasteiger partial charge on any atom is -0.393 e. The number of aliphatic hydroxyl groups excluding tert-OH is 1. The van der Waals surface area contributed by atoms with E-state index in [0.717, 1.165) is 19.3 Å². The van der Waals surface area contributed by atoms with Gasteiger partial charge in [-0.3, -0.25) is 0 Å². The molecular weight excluding hydrogens is 220 g/mol. The van der Waals surface area contributed by atoms with E-state index in [-0.39, 0.29) is 6.10 Å². The number of hydrogen-bond donors (Lipinski definition) is 1. The van der Waals surface area contributed by atoms with Crippen LogP contribution in [-0.2, 0) is 6.42 Å². The first-order valence-corrected chi connectivity index (χ1v) is 6.62. The van der Waals surface area contributed by atoms with Gasteiger partial charge in [0.05, 0.1) is 6.10 Å². The van der Waals surface area contributed by atoms with Crippen LogP contribution >= 0.6 is 0 Å². The first-order chi connectivity index (χ1) is 8.79. The summed E-state index contributed by atoms with van der Waals surface area (Å²) in [7, 11) is 0. The lowest BCUT2D eigenvalue weighted by atomic mass is 9.99. The topological polar surface area (TPSA) is 20.2 Å². The lowest BCUT2D eigenvalue weighted by Crippen LogP contribution is -2.05. The van der Waals surface area contributed by atoms with Crippen molar-refractivity contribution >= 4 is 0 Å². The van der Waals surface area contributed by atoms with E-state index in [0.29, 0.717) is 0 Å². The lowest BCUT2D eigenvalue weighted by molar-refractivity contribution is 0.160. The van der Waals surface area contributed by atoms with Crippen molar-refractivity contribution in [1.82, 2.24) is 0 Å². The molecule has 94 valence electrons. The summed E-state index contributed by atoms with van der Waals surface area (Å²) < 4.78 is 0. The Balaban J connectivity index is 2.11. The smallest absolute Gasteiger partial charge is 0.0540 e. The van der Waals surface area contributed by atoms with Gasteiger partial charge in [-0.1, -0.05) is 61.5 Å². The van der Waals surface area contributed by atoms with Gasteiger partial charge in [-0.2, -0.15) is 0 Å². The molecule has 1 nitrogen and oxygen atoms in total. The molecule has 0 saturated carbocycles. The molecule has 0 fully saturated rings. The number of hydrogen-bond acceptors (Lipinski definition) is 1. The maximum Gasteiger partial charge on any atom is 0.0540 e. The van der Waals surface area contributed by atoms with E-state index in [1.807, 2.05) is 13.0 Å². The van der Waals surface area contributed by atoms with Crippen molar-refractivity contribution in [3.63, 3.8) is 0 Å². The van der Waals surface area contributed by atoms with Crippen LogP contribution < -0.4 is 0 Å². The van der Waals surface area contributed by atoms with Crippen LogP contribution in [0.3, 0.4) is 0 Å². The average Bonchev–Trinajstić information content (AvgIpc) is 2.46. The fourth-order valence-corrected chi connectivity index (χ4v) is 2.07. The highest BCUT2D eigenvalue weighted by molar-refractivity contribution is 5.63. The SMILES string of the molecule is CCC(O)CCc1cccc(-c2ccccc2)c1. The van der Waals surface area contributed by atoms with E-state index >= 15 is 0 Å². The Hall–Kier alpha value is -1.60. The van der Waals surface area contributed by atoms with Crippen LogP contribution in [0.25, 0.3) is 11.1 Å². The zero-order valence-corrected chi connectivity index (χ0v) is 10.8. The van der Waals surface area contributed by atoms with Crippen LogP contribution in [0.2, 0.25) is 0 Å². The van der Waals surface area contributed by atoms with E-state index in [1.54, 1.807) is 0 Å². The Morgan fingerprint density at radius 2 is 1.67 bits per heavy atom. The summed E-state index contributed by atoms with van der Waals surface area (Å²) in [5, 5.41) is 9.61. The molecule has 0 aliphatic carbocycles. The molecular formula is C17H20O. The molecule has 2 aromatic carbocycles. The lowest BCUT2D eigenvalue weighted by Gasteiger charge is -2.09. The second kappa shape index (κ2) is 6.36. The molecule has 0 heterocycles. The molecule has 0 aliphatic heterocycles. The van der Waals surface area contributed by atoms with Gasteiger partial charge in [-0.25, -0.2) is 0 Å². The average molecular weight is 240 g/mol. The quantitative estimate of drug-likeness (QED) is 0.835. The van der Waals surface area contributed by atoms with Crippen molar-refractivity contribution in [2.75, 3.05) is 0 Å². The number of aryl methyl sites for hydroxylation is 1. The largest absolute Gasteiger partial charge is 0.393 e. The van der Waals surface area contributed by atoms with Crippen molar-refractivity contribution < 1.29 is 5.11 Å². The zero-order valence-electron chi connectivity index (χ0n) is 10.8. The van der Waals surface area contributed by atoms with Crippen molar-refractivity contribution in [3.05, 3.63) is 60.2 Å². The molecule has 1 heteroatoms. The van der Waals surface area contributed by atoms with Gasteiger partial charge in [0.1, 0.15) is 0 Å². The molecule has 2 aromatic rings. The van der Waals surface area contributed by atoms with E-state index in [4.69, 9.17) is 0 Å². The monoisotopic (exact) mass is 240 g/mol. The minimum absolute atomic E-state index is 0.176. The van der Waals surface area contributed by atoms with Crippen LogP contribution in [0.15, 0.2) is 54.6 Å². The maximum atomic E-state index is 9.61. The molecule has 0 amide bonds. The fraction of sp³-hybridized carbons (Fsp3) is 0.294. The molecule has 0 aromatic heterocycles. The van der Waals surface area contributed by atoms with Gasteiger partial charge in [0.2, 0.25) is 0 Å². The molecule has 0 spiro atoms. The van der Waals surface area contributed by atoms with Crippen LogP contribution in [0.1, 0.15) is 25.3 Å². The summed E-state index contributed by atoms with van der Waals surface area (Å²) in [5.74, 6) is 0. The van der Waals surface area contributed by atoms with E-state index in [1.165, 1.54) is 16.7 Å². The van der Waals surface area contributed by atoms with Gasteiger partial charge in [-0.15, -0.1) is 0 Å². The van der Waals surface area contributed by atoms with Gasteiger partial charge in [0.25, 0.3) is 0 Å². The van der Waals surface area contributed by atoms with E-state index in [9.17, 15) is 5.11 Å². The highest BCUT2D eigenvalue weighted by Gasteiger charge is 2.03. The Labute approximate surface area is 109 Å². The van der Waals surface area contributed by atoms with E-state index in [2.05, 4.69) is 48.5 Å². The summed E-state index contributed by atoms with van der Waals surface area (Å²) >= 11 is 0. The minimum atomic E-state index is -0.176. The Bertz CT molecular complexity index is 476. The normalized spacial score (nSPS) is 12.3. The molecule has 0 saturated heterocycles. The zero-order chi connectivity index (χ0) is 12.8. The summed E-state index contributed by atoms with van der Waals surface area (Å²) in [6, 6.07) is 19.0. The predicted molar refractivity (Wildman–Crippen MR) is 76.5 cm³/mol. The van der Waals surface area contributed by atoms with Crippen LogP contribution in [-0.4, -0.2) is 11.2 Å². The molecule has 2 rings (SSSR count). The highest BCUT2D eigenvalue weighted by atomic mass is 16.3. The third kappa shape index (κ3) is 3.44. The van der Waals surface area contributed by atoms with Crippen molar-refractivity contribution in [2.24, 2.45) is 0 Å². The Morgan fingerprint density at radius 3 is 2.39 bits per heavy atom. The molecule has 0 bridgehead atoms. The number of aliphatic hydroxyl groups is 1. The van der Waals surface area contributed by atoms with Crippen molar-refractivity contribution in [2.45, 2.75) is 32.3 Å². The highest BCUT2D eigenvalue weighted by Crippen LogP contribution is 2.20. The van der Waals surface area contributed by atoms with Gasteiger partial charge in [0.15, 0.2) is 0 Å². The molecule has 0 aliphatic rings. The number of benzene rings is 2. The van der Waals surface area contributed by atoms with Crippen LogP contribution in [0, 0.1) is 0 Å².